The highest BCUT2D eigenvalue weighted by atomic mass is 15.0. The molecule has 0 aliphatic rings. The lowest BCUT2D eigenvalue weighted by atomic mass is 10.1. The quantitative estimate of drug-likeness (QED) is 0.703. The van der Waals surface area contributed by atoms with Gasteiger partial charge in [0.05, 0.1) is 5.52 Å². The van der Waals surface area contributed by atoms with Crippen LogP contribution < -0.4 is 0 Å². The van der Waals surface area contributed by atoms with Gasteiger partial charge in [0.25, 0.3) is 0 Å². The van der Waals surface area contributed by atoms with Crippen LogP contribution in [0.2, 0.25) is 0 Å². The van der Waals surface area contributed by atoms with E-state index < -0.39 is 0 Å². The topological polar surface area (TPSA) is 41.6 Å². The summed E-state index contributed by atoms with van der Waals surface area (Å²) in [6.07, 6.45) is 1.84. The van der Waals surface area contributed by atoms with Crippen LogP contribution in [-0.4, -0.2) is 15.0 Å². The Hall–Kier alpha value is -2.16. The van der Waals surface area contributed by atoms with E-state index in [1.807, 2.05) is 13.1 Å². The highest BCUT2D eigenvalue weighted by molar-refractivity contribution is 5.77. The Balaban J connectivity index is 2.19. The molecular weight excluding hydrogens is 222 g/mol. The molecule has 0 bridgehead atoms. The van der Waals surface area contributed by atoms with E-state index in [0.717, 1.165) is 28.1 Å². The zero-order chi connectivity index (χ0) is 12.7. The molecule has 0 fully saturated rings. The first-order chi connectivity index (χ1) is 8.63. The molecule has 0 amide bonds. The van der Waals surface area contributed by atoms with Gasteiger partial charge in [0.15, 0.2) is 5.65 Å². The van der Waals surface area contributed by atoms with Crippen LogP contribution in [0.25, 0.3) is 22.6 Å². The van der Waals surface area contributed by atoms with Gasteiger partial charge in [-0.3, -0.25) is 0 Å². The molecule has 0 spiro atoms. The second-order valence-corrected chi connectivity index (χ2v) is 4.79. The number of nitrogens with one attached hydrogen (secondary N) is 1. The second-order valence-electron chi connectivity index (χ2n) is 4.79. The first kappa shape index (κ1) is 11.0. The minimum absolute atomic E-state index is 0.774. The van der Waals surface area contributed by atoms with Crippen molar-refractivity contribution in [3.05, 3.63) is 47.2 Å². The van der Waals surface area contributed by atoms with Crippen molar-refractivity contribution in [2.24, 2.45) is 0 Å². The van der Waals surface area contributed by atoms with E-state index in [1.165, 1.54) is 11.1 Å². The maximum absolute atomic E-state index is 4.55. The largest absolute Gasteiger partial charge is 0.337 e. The number of aromatic amines is 1. The third-order valence-electron chi connectivity index (χ3n) is 3.11. The summed E-state index contributed by atoms with van der Waals surface area (Å²) < 4.78 is 0. The van der Waals surface area contributed by atoms with E-state index in [-0.39, 0.29) is 0 Å². The maximum atomic E-state index is 4.55. The number of rotatable bonds is 1. The zero-order valence-electron chi connectivity index (χ0n) is 10.8. The molecule has 0 unspecified atom stereocenters. The van der Waals surface area contributed by atoms with E-state index in [4.69, 9.17) is 0 Å². The van der Waals surface area contributed by atoms with Gasteiger partial charge in [-0.1, -0.05) is 23.8 Å². The molecule has 3 aromatic rings. The smallest absolute Gasteiger partial charge is 0.178 e. The van der Waals surface area contributed by atoms with Crippen LogP contribution in [0.15, 0.2) is 30.5 Å². The van der Waals surface area contributed by atoms with Gasteiger partial charge >= 0.3 is 0 Å². The third kappa shape index (κ3) is 1.78. The molecule has 3 nitrogen and oxygen atoms in total. The average molecular weight is 237 g/mol. The minimum Gasteiger partial charge on any atom is -0.337 e. The Labute approximate surface area is 106 Å². The van der Waals surface area contributed by atoms with Gasteiger partial charge in [-0.05, 0) is 38.0 Å². The molecule has 18 heavy (non-hydrogen) atoms. The highest BCUT2D eigenvalue weighted by Crippen LogP contribution is 2.23. The number of imidazole rings is 1. The third-order valence-corrected chi connectivity index (χ3v) is 3.11. The van der Waals surface area contributed by atoms with Gasteiger partial charge in [0, 0.05) is 11.8 Å². The van der Waals surface area contributed by atoms with Crippen molar-refractivity contribution in [1.29, 1.82) is 0 Å². The molecular formula is C15H15N3. The van der Waals surface area contributed by atoms with E-state index >= 15 is 0 Å². The Bertz CT molecular complexity index is 726. The fourth-order valence-corrected chi connectivity index (χ4v) is 2.21. The second kappa shape index (κ2) is 3.95. The van der Waals surface area contributed by atoms with Crippen molar-refractivity contribution >= 4 is 11.2 Å². The SMILES string of the molecule is Cc1ccc(-c2nc3ncc(C)cc3[nH]2)c(C)c1. The number of fused-ring (bicyclic) bond motifs is 1. The Morgan fingerprint density at radius 1 is 1.00 bits per heavy atom. The number of hydrogen-bond donors (Lipinski definition) is 1. The number of aromatic nitrogens is 3. The molecule has 0 aliphatic carbocycles. The molecule has 3 heteroatoms. The summed E-state index contributed by atoms with van der Waals surface area (Å²) in [4.78, 5) is 12.2. The lowest BCUT2D eigenvalue weighted by Gasteiger charge is -2.02. The van der Waals surface area contributed by atoms with E-state index in [1.54, 1.807) is 0 Å². The number of nitrogens with zero attached hydrogens (tertiary/aromatic N) is 2. The molecule has 0 radical (unpaired) electrons. The van der Waals surface area contributed by atoms with Gasteiger partial charge in [0.2, 0.25) is 0 Å². The number of benzene rings is 1. The van der Waals surface area contributed by atoms with Crippen molar-refractivity contribution in [2.75, 3.05) is 0 Å². The first-order valence-corrected chi connectivity index (χ1v) is 6.03. The van der Waals surface area contributed by atoms with Gasteiger partial charge in [-0.25, -0.2) is 9.97 Å². The summed E-state index contributed by atoms with van der Waals surface area (Å²) in [7, 11) is 0. The van der Waals surface area contributed by atoms with Crippen LogP contribution in [0.5, 0.6) is 0 Å². The average Bonchev–Trinajstić information content (AvgIpc) is 2.71. The summed E-state index contributed by atoms with van der Waals surface area (Å²) >= 11 is 0. The van der Waals surface area contributed by atoms with E-state index in [2.05, 4.69) is 53.1 Å². The van der Waals surface area contributed by atoms with E-state index in [0.29, 0.717) is 0 Å². The first-order valence-electron chi connectivity index (χ1n) is 6.03. The standard InChI is InChI=1S/C15H15N3/c1-9-4-5-12(11(3)6-9)14-17-13-7-10(2)8-16-15(13)18-14/h4-8H,1-3H3,(H,16,17,18). The van der Waals surface area contributed by atoms with Crippen LogP contribution in [0, 0.1) is 20.8 Å². The lowest BCUT2D eigenvalue weighted by molar-refractivity contribution is 1.27. The Kier molecular flexibility index (Phi) is 2.40. The number of pyridine rings is 1. The van der Waals surface area contributed by atoms with Crippen LogP contribution >= 0.6 is 0 Å². The molecule has 1 aromatic carbocycles. The summed E-state index contributed by atoms with van der Waals surface area (Å²) in [5.41, 5.74) is 6.53. The molecule has 0 saturated carbocycles. The number of hydrogen-bond acceptors (Lipinski definition) is 2. The van der Waals surface area contributed by atoms with Crippen LogP contribution in [0.1, 0.15) is 16.7 Å². The normalized spacial score (nSPS) is 11.1. The predicted octanol–water partition coefficient (Wildman–Crippen LogP) is 3.55. The van der Waals surface area contributed by atoms with Crippen LogP contribution in [0.4, 0.5) is 0 Å². The monoisotopic (exact) mass is 237 g/mol. The number of H-pyrrole nitrogens is 1. The summed E-state index contributed by atoms with van der Waals surface area (Å²) in [6.45, 7) is 6.23. The molecule has 1 N–H and O–H groups in total. The summed E-state index contributed by atoms with van der Waals surface area (Å²) in [5.74, 6) is 0.889. The van der Waals surface area contributed by atoms with Gasteiger partial charge in [0.1, 0.15) is 5.82 Å². The minimum atomic E-state index is 0.774. The predicted molar refractivity (Wildman–Crippen MR) is 73.5 cm³/mol. The van der Waals surface area contributed by atoms with Crippen molar-refractivity contribution in [2.45, 2.75) is 20.8 Å². The summed E-state index contributed by atoms with van der Waals surface area (Å²) in [6, 6.07) is 8.45. The van der Waals surface area contributed by atoms with Crippen molar-refractivity contribution < 1.29 is 0 Å². The molecule has 90 valence electrons. The Morgan fingerprint density at radius 2 is 1.83 bits per heavy atom. The molecule has 0 saturated heterocycles. The maximum Gasteiger partial charge on any atom is 0.178 e. The Morgan fingerprint density at radius 3 is 2.61 bits per heavy atom. The fourth-order valence-electron chi connectivity index (χ4n) is 2.21. The molecule has 2 heterocycles. The number of aryl methyl sites for hydroxylation is 3. The molecule has 0 aliphatic heterocycles. The van der Waals surface area contributed by atoms with Gasteiger partial charge < -0.3 is 4.98 Å². The van der Waals surface area contributed by atoms with E-state index in [9.17, 15) is 0 Å². The van der Waals surface area contributed by atoms with Gasteiger partial charge in [-0.2, -0.15) is 0 Å². The zero-order valence-corrected chi connectivity index (χ0v) is 10.8. The molecule has 3 rings (SSSR count). The highest BCUT2D eigenvalue weighted by Gasteiger charge is 2.08. The van der Waals surface area contributed by atoms with Crippen molar-refractivity contribution in [1.82, 2.24) is 15.0 Å². The molecule has 0 atom stereocenters. The fraction of sp³-hybridized carbons (Fsp3) is 0.200. The lowest BCUT2D eigenvalue weighted by Crippen LogP contribution is -1.86. The summed E-state index contributed by atoms with van der Waals surface area (Å²) in [5, 5.41) is 0. The molecule has 2 aromatic heterocycles. The van der Waals surface area contributed by atoms with Crippen molar-refractivity contribution in [3.8, 4) is 11.4 Å². The van der Waals surface area contributed by atoms with Crippen LogP contribution in [-0.2, 0) is 0 Å². The van der Waals surface area contributed by atoms with Gasteiger partial charge in [-0.15, -0.1) is 0 Å². The van der Waals surface area contributed by atoms with Crippen molar-refractivity contribution in [3.63, 3.8) is 0 Å². The van der Waals surface area contributed by atoms with Crippen LogP contribution in [0.3, 0.4) is 0 Å².